The summed E-state index contributed by atoms with van der Waals surface area (Å²) in [5, 5.41) is 8.88. The van der Waals surface area contributed by atoms with E-state index in [0.29, 0.717) is 13.0 Å². The lowest BCUT2D eigenvalue weighted by Gasteiger charge is -2.20. The van der Waals surface area contributed by atoms with Crippen LogP contribution in [0.5, 0.6) is 0 Å². The molecule has 3 aromatic rings. The molecule has 1 atom stereocenters. The van der Waals surface area contributed by atoms with Crippen LogP contribution in [0.2, 0.25) is 0 Å². The van der Waals surface area contributed by atoms with Crippen molar-refractivity contribution in [3.05, 3.63) is 89.5 Å². The summed E-state index contributed by atoms with van der Waals surface area (Å²) in [4.78, 5) is 28.4. The van der Waals surface area contributed by atoms with Crippen molar-refractivity contribution in [1.82, 2.24) is 15.5 Å². The van der Waals surface area contributed by atoms with E-state index in [0.717, 1.165) is 43.7 Å². The lowest BCUT2D eigenvalue weighted by atomic mass is 10.1. The van der Waals surface area contributed by atoms with Crippen molar-refractivity contribution in [3.63, 3.8) is 0 Å². The van der Waals surface area contributed by atoms with Gasteiger partial charge in [0, 0.05) is 18.7 Å². The van der Waals surface area contributed by atoms with Crippen LogP contribution in [0.15, 0.2) is 72.8 Å². The summed E-state index contributed by atoms with van der Waals surface area (Å²) in [7, 11) is 0. The van der Waals surface area contributed by atoms with Crippen molar-refractivity contribution in [2.24, 2.45) is 0 Å². The Bertz CT molecular complexity index is 1200. The molecule has 0 unspecified atom stereocenters. The minimum atomic E-state index is -0.655. The highest BCUT2D eigenvalue weighted by Crippen LogP contribution is 2.37. The van der Waals surface area contributed by atoms with Crippen LogP contribution in [-0.2, 0) is 17.6 Å². The number of likely N-dealkylation sites (tertiary alicyclic amines) is 1. The van der Waals surface area contributed by atoms with E-state index in [1.165, 1.54) is 35.1 Å². The zero-order valence-corrected chi connectivity index (χ0v) is 20.6. The van der Waals surface area contributed by atoms with E-state index in [4.69, 9.17) is 0 Å². The fourth-order valence-electron chi connectivity index (χ4n) is 5.25. The van der Waals surface area contributed by atoms with Crippen LogP contribution in [-0.4, -0.2) is 49.1 Å². The quantitative estimate of drug-likeness (QED) is 0.306. The molecular formula is C30H34N4O2. The van der Waals surface area contributed by atoms with Gasteiger partial charge in [-0.05, 0) is 85.3 Å². The Hall–Kier alpha value is -3.64. The average Bonchev–Trinajstić information content (AvgIpc) is 3.54. The van der Waals surface area contributed by atoms with Gasteiger partial charge in [0.2, 0.25) is 5.91 Å². The second kappa shape index (κ2) is 11.4. The van der Waals surface area contributed by atoms with Gasteiger partial charge in [-0.15, -0.1) is 0 Å². The fourth-order valence-corrected chi connectivity index (χ4v) is 5.25. The maximum atomic E-state index is 13.0. The first-order chi connectivity index (χ1) is 17.7. The Morgan fingerprint density at radius 1 is 0.861 bits per heavy atom. The number of nitrogens with zero attached hydrogens (tertiary/aromatic N) is 1. The summed E-state index contributed by atoms with van der Waals surface area (Å²) in [5.41, 5.74) is 6.71. The number of hydrogen-bond donors (Lipinski definition) is 3. The number of fused-ring (bicyclic) bond motifs is 3. The molecule has 1 heterocycles. The minimum absolute atomic E-state index is 0.153. The number of urea groups is 1. The summed E-state index contributed by atoms with van der Waals surface area (Å²) >= 11 is 0. The first-order valence-electron chi connectivity index (χ1n) is 13.0. The molecule has 1 aliphatic heterocycles. The minimum Gasteiger partial charge on any atom is -0.354 e. The van der Waals surface area contributed by atoms with Gasteiger partial charge < -0.3 is 20.9 Å². The molecule has 2 aliphatic rings. The molecule has 0 spiro atoms. The normalized spacial score (nSPS) is 15.1. The Morgan fingerprint density at radius 3 is 2.44 bits per heavy atom. The highest BCUT2D eigenvalue weighted by molar-refractivity contribution is 5.94. The third-order valence-corrected chi connectivity index (χ3v) is 7.11. The average molecular weight is 483 g/mol. The highest BCUT2D eigenvalue weighted by atomic mass is 16.2. The molecule has 0 saturated carbocycles. The van der Waals surface area contributed by atoms with Gasteiger partial charge >= 0.3 is 6.03 Å². The predicted molar refractivity (Wildman–Crippen MR) is 144 cm³/mol. The maximum Gasteiger partial charge on any atom is 0.319 e. The number of carbonyl (C=O) groups is 2. The second-order valence-electron chi connectivity index (χ2n) is 9.74. The molecule has 1 fully saturated rings. The lowest BCUT2D eigenvalue weighted by Crippen LogP contribution is -2.49. The van der Waals surface area contributed by atoms with E-state index in [1.807, 2.05) is 42.5 Å². The van der Waals surface area contributed by atoms with Crippen LogP contribution in [0.3, 0.4) is 0 Å². The van der Waals surface area contributed by atoms with Gasteiger partial charge in [0.15, 0.2) is 0 Å². The monoisotopic (exact) mass is 482 g/mol. The van der Waals surface area contributed by atoms with Crippen molar-refractivity contribution in [2.45, 2.75) is 38.1 Å². The van der Waals surface area contributed by atoms with Gasteiger partial charge in [-0.3, -0.25) is 4.79 Å². The first-order valence-corrected chi connectivity index (χ1v) is 13.0. The predicted octanol–water partition coefficient (Wildman–Crippen LogP) is 4.59. The molecule has 0 radical (unpaired) electrons. The largest absolute Gasteiger partial charge is 0.354 e. The number of rotatable bonds is 9. The van der Waals surface area contributed by atoms with E-state index in [-0.39, 0.29) is 11.9 Å². The van der Waals surface area contributed by atoms with E-state index in [1.54, 1.807) is 0 Å². The SMILES string of the molecule is O=C(Nc1ccc2c(c1)Cc1ccccc1-2)N[C@@H](Cc1ccccc1)C(=O)NCCCN1CCCC1. The zero-order chi connectivity index (χ0) is 24.7. The van der Waals surface area contributed by atoms with Crippen LogP contribution < -0.4 is 16.0 Å². The van der Waals surface area contributed by atoms with Gasteiger partial charge in [0.25, 0.3) is 0 Å². The third kappa shape index (κ3) is 5.94. The standard InChI is InChI=1S/C30H34N4O2/c35-29(31-15-8-18-34-16-6-7-17-34)28(19-22-9-2-1-3-10-22)33-30(36)32-25-13-14-27-24(21-25)20-23-11-4-5-12-26(23)27/h1-5,9-14,21,28H,6-8,15-20H2,(H,31,35)(H2,32,33,36)/t28-/m0/s1. The Kier molecular flexibility index (Phi) is 7.62. The molecule has 3 amide bonds. The summed E-state index contributed by atoms with van der Waals surface area (Å²) in [6.07, 6.45) is 4.74. The number of amides is 3. The summed E-state index contributed by atoms with van der Waals surface area (Å²) in [5.74, 6) is -0.153. The van der Waals surface area contributed by atoms with Crippen molar-refractivity contribution in [3.8, 4) is 11.1 Å². The van der Waals surface area contributed by atoms with E-state index in [9.17, 15) is 9.59 Å². The van der Waals surface area contributed by atoms with Crippen LogP contribution in [0.4, 0.5) is 10.5 Å². The van der Waals surface area contributed by atoms with Gasteiger partial charge in [0.1, 0.15) is 6.04 Å². The molecule has 5 rings (SSSR count). The van der Waals surface area contributed by atoms with Crippen molar-refractivity contribution in [2.75, 3.05) is 31.5 Å². The molecule has 6 nitrogen and oxygen atoms in total. The number of anilines is 1. The Balaban J connectivity index is 1.19. The third-order valence-electron chi connectivity index (χ3n) is 7.11. The molecular weight excluding hydrogens is 448 g/mol. The van der Waals surface area contributed by atoms with E-state index in [2.05, 4.69) is 51.2 Å². The molecule has 1 saturated heterocycles. The summed E-state index contributed by atoms with van der Waals surface area (Å²) in [6, 6.07) is 23.2. The number of benzene rings is 3. The van der Waals surface area contributed by atoms with Crippen LogP contribution in [0.1, 0.15) is 36.0 Å². The summed E-state index contributed by atoms with van der Waals surface area (Å²) in [6.45, 7) is 3.91. The fraction of sp³-hybridized carbons (Fsp3) is 0.333. The van der Waals surface area contributed by atoms with Crippen molar-refractivity contribution >= 4 is 17.6 Å². The van der Waals surface area contributed by atoms with Crippen LogP contribution in [0, 0.1) is 0 Å². The smallest absolute Gasteiger partial charge is 0.319 e. The molecule has 6 heteroatoms. The first kappa shape index (κ1) is 24.1. The van der Waals surface area contributed by atoms with Gasteiger partial charge in [-0.25, -0.2) is 4.79 Å². The van der Waals surface area contributed by atoms with Crippen molar-refractivity contribution in [1.29, 1.82) is 0 Å². The lowest BCUT2D eigenvalue weighted by molar-refractivity contribution is -0.122. The number of nitrogens with one attached hydrogen (secondary N) is 3. The molecule has 1 aliphatic carbocycles. The van der Waals surface area contributed by atoms with Crippen LogP contribution >= 0.6 is 0 Å². The second-order valence-corrected chi connectivity index (χ2v) is 9.74. The Labute approximate surface area is 213 Å². The maximum absolute atomic E-state index is 13.0. The van der Waals surface area contributed by atoms with Crippen LogP contribution in [0.25, 0.3) is 11.1 Å². The van der Waals surface area contributed by atoms with Gasteiger partial charge in [0.05, 0.1) is 0 Å². The van der Waals surface area contributed by atoms with Crippen molar-refractivity contribution < 1.29 is 9.59 Å². The molecule has 0 aromatic heterocycles. The molecule has 0 bridgehead atoms. The molecule has 36 heavy (non-hydrogen) atoms. The van der Waals surface area contributed by atoms with E-state index < -0.39 is 6.04 Å². The molecule has 186 valence electrons. The van der Waals surface area contributed by atoms with E-state index >= 15 is 0 Å². The molecule has 3 aromatic carbocycles. The van der Waals surface area contributed by atoms with Gasteiger partial charge in [-0.1, -0.05) is 60.7 Å². The molecule has 3 N–H and O–H groups in total. The number of hydrogen-bond acceptors (Lipinski definition) is 3. The highest BCUT2D eigenvalue weighted by Gasteiger charge is 2.22. The topological polar surface area (TPSA) is 73.5 Å². The zero-order valence-electron chi connectivity index (χ0n) is 20.6. The summed E-state index contributed by atoms with van der Waals surface area (Å²) < 4.78 is 0. The van der Waals surface area contributed by atoms with Gasteiger partial charge in [-0.2, -0.15) is 0 Å². The Morgan fingerprint density at radius 2 is 1.61 bits per heavy atom. The number of carbonyl (C=O) groups excluding carboxylic acids is 2.